The molecule has 0 aliphatic carbocycles. The highest BCUT2D eigenvalue weighted by Gasteiger charge is 2.36. The van der Waals surface area contributed by atoms with Crippen LogP contribution in [0.4, 0.5) is 11.5 Å². The average molecular weight is 397 g/mol. The van der Waals surface area contributed by atoms with Crippen LogP contribution in [0.25, 0.3) is 0 Å². The number of para-hydroxylation sites is 1. The lowest BCUT2D eigenvalue weighted by molar-refractivity contribution is 0.102. The van der Waals surface area contributed by atoms with Gasteiger partial charge in [0.1, 0.15) is 5.76 Å². The van der Waals surface area contributed by atoms with E-state index < -0.39 is 15.9 Å². The lowest BCUT2D eigenvalue weighted by Gasteiger charge is -2.24. The molecule has 0 saturated carbocycles. The number of hydrogen-bond donors (Lipinski definition) is 1. The molecule has 144 valence electrons. The van der Waals surface area contributed by atoms with E-state index in [2.05, 4.69) is 10.5 Å². The highest BCUT2D eigenvalue weighted by atomic mass is 32.2. The normalized spacial score (nSPS) is 16.1. The van der Waals surface area contributed by atoms with Crippen molar-refractivity contribution in [2.24, 2.45) is 0 Å². The van der Waals surface area contributed by atoms with Crippen LogP contribution in [0, 0.1) is 6.92 Å². The van der Waals surface area contributed by atoms with Gasteiger partial charge < -0.3 is 9.84 Å². The van der Waals surface area contributed by atoms with Crippen LogP contribution < -0.4 is 9.62 Å². The largest absolute Gasteiger partial charge is 0.360 e. The van der Waals surface area contributed by atoms with Crippen molar-refractivity contribution in [1.29, 1.82) is 0 Å². The molecule has 0 spiro atoms. The Bertz CT molecular complexity index is 1150. The summed E-state index contributed by atoms with van der Waals surface area (Å²) in [6.07, 6.45) is 0.654. The van der Waals surface area contributed by atoms with Crippen molar-refractivity contribution in [3.8, 4) is 0 Å². The standard InChI is InChI=1S/C20H19N3O4S/c1-13-10-15-6-3-4-9-18(15)23(13)28(25,26)17-8-5-7-16(12-17)20(24)21-19-11-14(2)27-22-19/h3-9,11-13H,10H2,1-2H3,(H,21,22,24)/t13-/m1/s1. The zero-order valence-electron chi connectivity index (χ0n) is 15.4. The first-order valence-electron chi connectivity index (χ1n) is 8.83. The van der Waals surface area contributed by atoms with Crippen LogP contribution in [-0.2, 0) is 16.4 Å². The van der Waals surface area contributed by atoms with Gasteiger partial charge in [-0.3, -0.25) is 9.10 Å². The molecule has 1 aliphatic heterocycles. The molecule has 3 aromatic rings. The van der Waals surface area contributed by atoms with Crippen LogP contribution in [0.3, 0.4) is 0 Å². The fourth-order valence-corrected chi connectivity index (χ4v) is 5.17. The van der Waals surface area contributed by atoms with Gasteiger partial charge in [0.2, 0.25) is 0 Å². The maximum atomic E-state index is 13.3. The predicted molar refractivity (Wildman–Crippen MR) is 105 cm³/mol. The van der Waals surface area contributed by atoms with Crippen LogP contribution in [0.2, 0.25) is 0 Å². The van der Waals surface area contributed by atoms with Crippen LogP contribution in [0.5, 0.6) is 0 Å². The summed E-state index contributed by atoms with van der Waals surface area (Å²) in [7, 11) is -3.81. The molecule has 2 heterocycles. The summed E-state index contributed by atoms with van der Waals surface area (Å²) in [6, 6.07) is 14.8. The number of benzene rings is 2. The number of fused-ring (bicyclic) bond motifs is 1. The Kier molecular flexibility index (Phi) is 4.43. The third-order valence-electron chi connectivity index (χ3n) is 4.67. The molecule has 1 aromatic heterocycles. The second-order valence-electron chi connectivity index (χ2n) is 6.79. The van der Waals surface area contributed by atoms with Crippen molar-refractivity contribution in [3.63, 3.8) is 0 Å². The van der Waals surface area contributed by atoms with Crippen LogP contribution in [0.15, 0.2) is 64.0 Å². The minimum absolute atomic E-state index is 0.0695. The highest BCUT2D eigenvalue weighted by molar-refractivity contribution is 7.92. The van der Waals surface area contributed by atoms with Gasteiger partial charge >= 0.3 is 0 Å². The summed E-state index contributed by atoms with van der Waals surface area (Å²) in [5, 5.41) is 6.32. The van der Waals surface area contributed by atoms with E-state index in [9.17, 15) is 13.2 Å². The summed E-state index contributed by atoms with van der Waals surface area (Å²) in [5.41, 5.74) is 1.90. The fourth-order valence-electron chi connectivity index (χ4n) is 3.43. The first-order valence-corrected chi connectivity index (χ1v) is 10.3. The molecule has 0 radical (unpaired) electrons. The quantitative estimate of drug-likeness (QED) is 0.729. The number of carbonyl (C=O) groups excluding carboxylic acids is 1. The lowest BCUT2D eigenvalue weighted by atomic mass is 10.1. The Morgan fingerprint density at radius 1 is 1.18 bits per heavy atom. The van der Waals surface area contributed by atoms with Crippen LogP contribution >= 0.6 is 0 Å². The number of amides is 1. The van der Waals surface area contributed by atoms with E-state index in [4.69, 9.17) is 4.52 Å². The van der Waals surface area contributed by atoms with Crippen molar-refractivity contribution in [2.45, 2.75) is 31.2 Å². The number of hydrogen-bond acceptors (Lipinski definition) is 5. The van der Waals surface area contributed by atoms with Gasteiger partial charge in [0, 0.05) is 17.7 Å². The molecular weight excluding hydrogens is 378 g/mol. The van der Waals surface area contributed by atoms with E-state index >= 15 is 0 Å². The van der Waals surface area contributed by atoms with Gasteiger partial charge in [-0.1, -0.05) is 29.4 Å². The van der Waals surface area contributed by atoms with Gasteiger partial charge in [-0.2, -0.15) is 0 Å². The molecule has 7 nitrogen and oxygen atoms in total. The molecule has 4 rings (SSSR count). The van der Waals surface area contributed by atoms with Gasteiger partial charge in [0.25, 0.3) is 15.9 Å². The Labute approximate surface area is 163 Å². The maximum Gasteiger partial charge on any atom is 0.264 e. The third-order valence-corrected chi connectivity index (χ3v) is 6.59. The first kappa shape index (κ1) is 18.2. The molecule has 0 unspecified atom stereocenters. The minimum atomic E-state index is -3.81. The highest BCUT2D eigenvalue weighted by Crippen LogP contribution is 2.36. The Morgan fingerprint density at radius 3 is 2.71 bits per heavy atom. The van der Waals surface area contributed by atoms with Gasteiger partial charge in [-0.05, 0) is 50.1 Å². The number of anilines is 2. The smallest absolute Gasteiger partial charge is 0.264 e. The average Bonchev–Trinajstić information content (AvgIpc) is 3.23. The maximum absolute atomic E-state index is 13.3. The van der Waals surface area contributed by atoms with Gasteiger partial charge in [-0.15, -0.1) is 0 Å². The monoisotopic (exact) mass is 397 g/mol. The van der Waals surface area contributed by atoms with E-state index in [1.54, 1.807) is 31.2 Å². The van der Waals surface area contributed by atoms with E-state index in [-0.39, 0.29) is 22.3 Å². The van der Waals surface area contributed by atoms with Crippen LogP contribution in [-0.4, -0.2) is 25.5 Å². The second kappa shape index (κ2) is 6.79. The topological polar surface area (TPSA) is 92.5 Å². The molecule has 8 heteroatoms. The van der Waals surface area contributed by atoms with Gasteiger partial charge in [0.05, 0.1) is 10.6 Å². The molecule has 2 aromatic carbocycles. The lowest BCUT2D eigenvalue weighted by Crippen LogP contribution is -2.35. The number of nitrogens with zero attached hydrogens (tertiary/aromatic N) is 2. The van der Waals surface area contributed by atoms with Crippen molar-refractivity contribution in [1.82, 2.24) is 5.16 Å². The van der Waals surface area contributed by atoms with Crippen LogP contribution in [0.1, 0.15) is 28.6 Å². The summed E-state index contributed by atoms with van der Waals surface area (Å²) in [6.45, 7) is 3.59. The zero-order chi connectivity index (χ0) is 19.9. The second-order valence-corrected chi connectivity index (χ2v) is 8.60. The van der Waals surface area contributed by atoms with E-state index in [0.29, 0.717) is 17.9 Å². The Morgan fingerprint density at radius 2 is 1.96 bits per heavy atom. The van der Waals surface area contributed by atoms with Crippen molar-refractivity contribution in [2.75, 3.05) is 9.62 Å². The number of aryl methyl sites for hydroxylation is 1. The number of carbonyl (C=O) groups is 1. The molecule has 1 N–H and O–H groups in total. The van der Waals surface area contributed by atoms with Crippen molar-refractivity contribution < 1.29 is 17.7 Å². The zero-order valence-corrected chi connectivity index (χ0v) is 16.2. The Hall–Kier alpha value is -3.13. The predicted octanol–water partition coefficient (Wildman–Crippen LogP) is 3.38. The van der Waals surface area contributed by atoms with Crippen molar-refractivity contribution in [3.05, 3.63) is 71.5 Å². The van der Waals surface area contributed by atoms with E-state index in [0.717, 1.165) is 5.56 Å². The summed E-state index contributed by atoms with van der Waals surface area (Å²) < 4.78 is 33.0. The summed E-state index contributed by atoms with van der Waals surface area (Å²) >= 11 is 0. The van der Waals surface area contributed by atoms with E-state index in [1.165, 1.54) is 16.4 Å². The molecule has 1 aliphatic rings. The molecule has 1 amide bonds. The molecule has 0 fully saturated rings. The fraction of sp³-hybridized carbons (Fsp3) is 0.200. The molecule has 1 atom stereocenters. The number of nitrogens with one attached hydrogen (secondary N) is 1. The van der Waals surface area contributed by atoms with Gasteiger partial charge in [0.15, 0.2) is 5.82 Å². The summed E-state index contributed by atoms with van der Waals surface area (Å²) in [4.78, 5) is 12.6. The molecule has 28 heavy (non-hydrogen) atoms. The SMILES string of the molecule is Cc1cc(NC(=O)c2cccc(S(=O)(=O)N3c4ccccc4C[C@H]3C)c2)no1. The molecule has 0 saturated heterocycles. The third kappa shape index (κ3) is 3.16. The van der Waals surface area contributed by atoms with E-state index in [1.807, 2.05) is 25.1 Å². The number of sulfonamides is 1. The minimum Gasteiger partial charge on any atom is -0.360 e. The Balaban J connectivity index is 1.66. The van der Waals surface area contributed by atoms with Gasteiger partial charge in [-0.25, -0.2) is 8.42 Å². The first-order chi connectivity index (χ1) is 13.4. The molecular formula is C20H19N3O4S. The van der Waals surface area contributed by atoms with Crippen molar-refractivity contribution >= 4 is 27.4 Å². The molecule has 0 bridgehead atoms. The number of rotatable bonds is 4. The number of aromatic nitrogens is 1. The summed E-state index contributed by atoms with van der Waals surface area (Å²) in [5.74, 6) is 0.381.